The minimum atomic E-state index is -5.54. The van der Waals surface area contributed by atoms with Gasteiger partial charge in [0.25, 0.3) is 15.7 Å². The van der Waals surface area contributed by atoms with Gasteiger partial charge in [-0.3, -0.25) is 9.78 Å². The number of fused-ring (bicyclic) bond motifs is 1. The number of hydrogen-bond donors (Lipinski definition) is 1. The fraction of sp³-hybridized carbons (Fsp3) is 0.190. The number of carbonyl (C=O) groups excluding carboxylic acids is 2. The number of aromatic nitrogens is 1. The van der Waals surface area contributed by atoms with Crippen LogP contribution in [0.5, 0.6) is 0 Å². The summed E-state index contributed by atoms with van der Waals surface area (Å²) in [4.78, 5) is 31.3. The van der Waals surface area contributed by atoms with Crippen molar-refractivity contribution >= 4 is 44.1 Å². The largest absolute Gasteiger partial charge is 0.501 e. The molecule has 1 aliphatic rings. The quantitative estimate of drug-likeness (QED) is 0.454. The van der Waals surface area contributed by atoms with Crippen molar-refractivity contribution < 1.29 is 31.2 Å². The number of carbonyl (C=O) groups is 2. The number of sulfone groups is 1. The van der Waals surface area contributed by atoms with Gasteiger partial charge in [0.2, 0.25) is 0 Å². The molecule has 8 nitrogen and oxygen atoms in total. The van der Waals surface area contributed by atoms with E-state index in [0.29, 0.717) is 23.3 Å². The van der Waals surface area contributed by atoms with Crippen LogP contribution in [0.3, 0.4) is 0 Å². The van der Waals surface area contributed by atoms with Crippen LogP contribution in [-0.2, 0) is 21.2 Å². The average Bonchev–Trinajstić information content (AvgIpc) is 2.96. The maximum atomic E-state index is 13.1. The van der Waals surface area contributed by atoms with Crippen molar-refractivity contribution in [1.82, 2.24) is 9.88 Å². The first-order valence-electron chi connectivity index (χ1n) is 9.61. The third kappa shape index (κ3) is 3.75. The Morgan fingerprint density at radius 3 is 2.36 bits per heavy atom. The molecular formula is C21H17F3N4O4S. The normalized spacial score (nSPS) is 17.3. The molecule has 0 saturated carbocycles. The highest BCUT2D eigenvalue weighted by atomic mass is 32.2. The maximum Gasteiger partial charge on any atom is 0.501 e. The van der Waals surface area contributed by atoms with Gasteiger partial charge in [-0.1, -0.05) is 6.07 Å². The van der Waals surface area contributed by atoms with Crippen LogP contribution in [0.1, 0.15) is 12.5 Å². The maximum absolute atomic E-state index is 13.1. The van der Waals surface area contributed by atoms with Crippen molar-refractivity contribution in [1.29, 1.82) is 0 Å². The second kappa shape index (κ2) is 7.73. The smallest absolute Gasteiger partial charge is 0.399 e. The van der Waals surface area contributed by atoms with E-state index in [1.165, 1.54) is 11.8 Å². The number of anilines is 2. The second-order valence-electron chi connectivity index (χ2n) is 7.45. The zero-order chi connectivity index (χ0) is 24.1. The van der Waals surface area contributed by atoms with Crippen molar-refractivity contribution in [3.8, 4) is 0 Å². The molecule has 1 aromatic heterocycles. The van der Waals surface area contributed by atoms with Crippen LogP contribution in [-0.4, -0.2) is 41.8 Å². The number of pyridine rings is 1. The van der Waals surface area contributed by atoms with Crippen LogP contribution in [0.4, 0.5) is 29.3 Å². The molecule has 0 aliphatic carbocycles. The van der Waals surface area contributed by atoms with Gasteiger partial charge in [0.15, 0.2) is 0 Å². The number of nitrogen functional groups attached to an aromatic ring is 1. The van der Waals surface area contributed by atoms with Crippen LogP contribution in [0.15, 0.2) is 59.6 Å². The minimum Gasteiger partial charge on any atom is -0.399 e. The lowest BCUT2D eigenvalue weighted by atomic mass is 10.1. The highest BCUT2D eigenvalue weighted by molar-refractivity contribution is 7.92. The van der Waals surface area contributed by atoms with Gasteiger partial charge in [-0.25, -0.2) is 18.1 Å². The van der Waals surface area contributed by atoms with Crippen molar-refractivity contribution in [2.45, 2.75) is 29.9 Å². The Bertz CT molecular complexity index is 1370. The van der Waals surface area contributed by atoms with Gasteiger partial charge in [-0.15, -0.1) is 0 Å². The summed E-state index contributed by atoms with van der Waals surface area (Å²) in [6.07, 6.45) is 1.56. The van der Waals surface area contributed by atoms with E-state index in [4.69, 9.17) is 5.73 Å². The Hall–Kier alpha value is -3.67. The van der Waals surface area contributed by atoms with Crippen molar-refractivity contribution in [3.63, 3.8) is 0 Å². The molecule has 3 aromatic rings. The van der Waals surface area contributed by atoms with Crippen molar-refractivity contribution in [2.24, 2.45) is 0 Å². The molecule has 0 bridgehead atoms. The molecule has 2 aromatic carbocycles. The van der Waals surface area contributed by atoms with Gasteiger partial charge >= 0.3 is 11.5 Å². The lowest BCUT2D eigenvalue weighted by molar-refractivity contribution is -0.119. The Labute approximate surface area is 186 Å². The lowest BCUT2D eigenvalue weighted by Gasteiger charge is -2.20. The highest BCUT2D eigenvalue weighted by Gasteiger charge is 2.47. The second-order valence-corrected chi connectivity index (χ2v) is 9.39. The fourth-order valence-electron chi connectivity index (χ4n) is 3.60. The number of imide groups is 1. The summed E-state index contributed by atoms with van der Waals surface area (Å²) in [5, 5.41) is 0.749. The van der Waals surface area contributed by atoms with E-state index >= 15 is 0 Å². The summed E-state index contributed by atoms with van der Waals surface area (Å²) >= 11 is 0. The molecule has 12 heteroatoms. The standard InChI is InChI=1S/C21H17F3N4O4S/c1-12-19(29)28(15-3-5-16(6-4-15)33(31,32)21(22,23)24)20(30)27(12)11-13-8-9-26-18-10-14(25)2-7-17(13)18/h2-10,12H,11,25H2,1H3. The first kappa shape index (κ1) is 22.5. The molecule has 33 heavy (non-hydrogen) atoms. The Balaban J connectivity index is 1.64. The van der Waals surface area contributed by atoms with Crippen LogP contribution in [0.2, 0.25) is 0 Å². The molecular weight excluding hydrogens is 461 g/mol. The summed E-state index contributed by atoms with van der Waals surface area (Å²) in [6, 6.07) is 8.73. The number of benzene rings is 2. The fourth-order valence-corrected chi connectivity index (χ4v) is 4.37. The minimum absolute atomic E-state index is 0.0344. The molecule has 172 valence electrons. The number of rotatable bonds is 4. The zero-order valence-corrected chi connectivity index (χ0v) is 17.9. The molecule has 2 heterocycles. The van der Waals surface area contributed by atoms with E-state index in [0.717, 1.165) is 28.0 Å². The molecule has 1 unspecified atom stereocenters. The predicted molar refractivity (Wildman–Crippen MR) is 114 cm³/mol. The van der Waals surface area contributed by atoms with Crippen LogP contribution in [0, 0.1) is 0 Å². The third-order valence-electron chi connectivity index (χ3n) is 5.39. The first-order valence-corrected chi connectivity index (χ1v) is 11.1. The number of nitrogens with two attached hydrogens (primary N) is 1. The topological polar surface area (TPSA) is 114 Å². The molecule has 1 fully saturated rings. The van der Waals surface area contributed by atoms with E-state index < -0.39 is 38.2 Å². The predicted octanol–water partition coefficient (Wildman–Crippen LogP) is 3.47. The molecule has 1 atom stereocenters. The molecule has 1 saturated heterocycles. The highest BCUT2D eigenvalue weighted by Crippen LogP contribution is 2.33. The summed E-state index contributed by atoms with van der Waals surface area (Å²) in [5.74, 6) is -0.589. The summed E-state index contributed by atoms with van der Waals surface area (Å²) < 4.78 is 61.4. The van der Waals surface area contributed by atoms with E-state index in [2.05, 4.69) is 4.98 Å². The Morgan fingerprint density at radius 2 is 1.73 bits per heavy atom. The zero-order valence-electron chi connectivity index (χ0n) is 17.1. The summed E-state index contributed by atoms with van der Waals surface area (Å²) in [5.41, 5.74) is 2.16. The van der Waals surface area contributed by atoms with Gasteiger partial charge in [0.1, 0.15) is 6.04 Å². The van der Waals surface area contributed by atoms with Gasteiger partial charge in [0, 0.05) is 23.8 Å². The van der Waals surface area contributed by atoms with E-state index in [-0.39, 0.29) is 12.2 Å². The average molecular weight is 478 g/mol. The number of nitrogens with zero attached hydrogens (tertiary/aromatic N) is 3. The molecule has 1 aliphatic heterocycles. The van der Waals surface area contributed by atoms with Gasteiger partial charge in [0.05, 0.1) is 16.1 Å². The number of amides is 3. The molecule has 4 rings (SSSR count). The lowest BCUT2D eigenvalue weighted by Crippen LogP contribution is -2.33. The number of alkyl halides is 3. The van der Waals surface area contributed by atoms with E-state index in [1.54, 1.807) is 30.5 Å². The Morgan fingerprint density at radius 1 is 1.06 bits per heavy atom. The van der Waals surface area contributed by atoms with E-state index in [1.807, 2.05) is 0 Å². The van der Waals surface area contributed by atoms with Gasteiger partial charge < -0.3 is 10.6 Å². The molecule has 0 spiro atoms. The van der Waals surface area contributed by atoms with Gasteiger partial charge in [-0.05, 0) is 55.0 Å². The molecule has 0 radical (unpaired) electrons. The SMILES string of the molecule is CC1C(=O)N(c2ccc(S(=O)(=O)C(F)(F)F)cc2)C(=O)N1Cc1ccnc2cc(N)ccc12. The summed E-state index contributed by atoms with van der Waals surface area (Å²) in [7, 11) is -5.54. The third-order valence-corrected chi connectivity index (χ3v) is 6.89. The van der Waals surface area contributed by atoms with Gasteiger partial charge in [-0.2, -0.15) is 13.2 Å². The number of hydrogen-bond acceptors (Lipinski definition) is 6. The number of halogens is 3. The first-order chi connectivity index (χ1) is 15.4. The van der Waals surface area contributed by atoms with Crippen LogP contribution in [0.25, 0.3) is 10.9 Å². The monoisotopic (exact) mass is 478 g/mol. The van der Waals surface area contributed by atoms with Crippen molar-refractivity contribution in [2.75, 3.05) is 10.6 Å². The Kier molecular flexibility index (Phi) is 5.27. The van der Waals surface area contributed by atoms with Crippen LogP contribution < -0.4 is 10.6 Å². The molecule has 3 amide bonds. The van der Waals surface area contributed by atoms with E-state index in [9.17, 15) is 31.2 Å². The number of urea groups is 1. The van der Waals surface area contributed by atoms with Crippen molar-refractivity contribution in [3.05, 3.63) is 60.3 Å². The molecule has 2 N–H and O–H groups in total. The summed E-state index contributed by atoms with van der Waals surface area (Å²) in [6.45, 7) is 1.61. The van der Waals surface area contributed by atoms with Crippen LogP contribution >= 0.6 is 0 Å².